The Bertz CT molecular complexity index is 215. The van der Waals surface area contributed by atoms with Crippen LogP contribution in [0, 0.1) is 11.3 Å². The fourth-order valence-corrected chi connectivity index (χ4v) is 2.26. The second kappa shape index (κ2) is 4.06. The van der Waals surface area contributed by atoms with Crippen molar-refractivity contribution in [1.82, 2.24) is 5.32 Å². The van der Waals surface area contributed by atoms with Gasteiger partial charge in [0, 0.05) is 6.04 Å². The van der Waals surface area contributed by atoms with Crippen LogP contribution in [0.1, 0.15) is 46.0 Å². The van der Waals surface area contributed by atoms with Crippen molar-refractivity contribution in [2.45, 2.75) is 52.0 Å². The molecule has 2 rings (SSSR count). The summed E-state index contributed by atoms with van der Waals surface area (Å²) in [6.07, 6.45) is 11.5. The lowest BCUT2D eigenvalue weighted by Gasteiger charge is -2.25. The van der Waals surface area contributed by atoms with Gasteiger partial charge in [-0.25, -0.2) is 0 Å². The zero-order valence-electron chi connectivity index (χ0n) is 9.55. The summed E-state index contributed by atoms with van der Waals surface area (Å²) in [5, 5.41) is 3.72. The molecule has 0 saturated heterocycles. The van der Waals surface area contributed by atoms with E-state index >= 15 is 0 Å². The number of rotatable bonds is 4. The molecule has 1 N–H and O–H groups in total. The van der Waals surface area contributed by atoms with Gasteiger partial charge in [-0.1, -0.05) is 19.1 Å². The number of nitrogens with one attached hydrogen (secondary N) is 1. The summed E-state index contributed by atoms with van der Waals surface area (Å²) >= 11 is 0. The molecular formula is C13H23N. The lowest BCUT2D eigenvalue weighted by Crippen LogP contribution is -2.36. The molecule has 0 amide bonds. The second-order valence-electron chi connectivity index (χ2n) is 5.43. The molecule has 0 heterocycles. The van der Waals surface area contributed by atoms with Gasteiger partial charge in [0.1, 0.15) is 0 Å². The molecule has 14 heavy (non-hydrogen) atoms. The van der Waals surface area contributed by atoms with Crippen molar-refractivity contribution in [1.29, 1.82) is 0 Å². The molecule has 0 radical (unpaired) electrons. The van der Waals surface area contributed by atoms with Crippen LogP contribution in [0.4, 0.5) is 0 Å². The van der Waals surface area contributed by atoms with Gasteiger partial charge in [-0.2, -0.15) is 0 Å². The highest BCUT2D eigenvalue weighted by atomic mass is 14.9. The number of hydrogen-bond acceptors (Lipinski definition) is 1. The molecular weight excluding hydrogens is 170 g/mol. The van der Waals surface area contributed by atoms with Crippen LogP contribution in [0.25, 0.3) is 0 Å². The predicted molar refractivity (Wildman–Crippen MR) is 61.3 cm³/mol. The van der Waals surface area contributed by atoms with E-state index in [0.29, 0.717) is 11.5 Å². The highest BCUT2D eigenvalue weighted by Crippen LogP contribution is 2.47. The summed E-state index contributed by atoms with van der Waals surface area (Å²) in [6, 6.07) is 0.716. The second-order valence-corrected chi connectivity index (χ2v) is 5.43. The summed E-state index contributed by atoms with van der Waals surface area (Å²) in [7, 11) is 0. The molecule has 0 aromatic heterocycles. The first kappa shape index (κ1) is 10.2. The van der Waals surface area contributed by atoms with Crippen LogP contribution in [0.5, 0.6) is 0 Å². The highest BCUT2D eigenvalue weighted by Gasteiger charge is 2.42. The van der Waals surface area contributed by atoms with Crippen molar-refractivity contribution in [3.05, 3.63) is 12.2 Å². The van der Waals surface area contributed by atoms with Crippen molar-refractivity contribution in [2.24, 2.45) is 11.3 Å². The first-order valence-corrected chi connectivity index (χ1v) is 6.09. The first-order valence-electron chi connectivity index (χ1n) is 6.09. The lowest BCUT2D eigenvalue weighted by molar-refractivity contribution is 0.339. The molecule has 0 aromatic rings. The van der Waals surface area contributed by atoms with E-state index in [2.05, 4.69) is 31.3 Å². The van der Waals surface area contributed by atoms with Crippen molar-refractivity contribution >= 4 is 0 Å². The van der Waals surface area contributed by atoms with Crippen LogP contribution >= 0.6 is 0 Å². The zero-order chi connectivity index (χ0) is 10.0. The molecule has 0 bridgehead atoms. The maximum absolute atomic E-state index is 3.72. The summed E-state index contributed by atoms with van der Waals surface area (Å²) in [5.41, 5.74) is 0.629. The average molecular weight is 193 g/mol. The summed E-state index contributed by atoms with van der Waals surface area (Å²) in [6.45, 7) is 5.98. The Morgan fingerprint density at radius 3 is 2.79 bits per heavy atom. The molecule has 2 aliphatic carbocycles. The van der Waals surface area contributed by atoms with Crippen LogP contribution in [0.2, 0.25) is 0 Å². The van der Waals surface area contributed by atoms with Crippen molar-refractivity contribution in [3.63, 3.8) is 0 Å². The normalized spacial score (nSPS) is 31.4. The first-order chi connectivity index (χ1) is 6.71. The molecule has 1 saturated carbocycles. The van der Waals surface area contributed by atoms with Crippen LogP contribution in [-0.2, 0) is 0 Å². The Balaban J connectivity index is 1.68. The highest BCUT2D eigenvalue weighted by molar-refractivity contribution is 4.97. The molecule has 0 spiro atoms. The van der Waals surface area contributed by atoms with E-state index in [4.69, 9.17) is 0 Å². The van der Waals surface area contributed by atoms with Crippen molar-refractivity contribution < 1.29 is 0 Å². The van der Waals surface area contributed by atoms with Crippen LogP contribution in [0.3, 0.4) is 0 Å². The van der Waals surface area contributed by atoms with Gasteiger partial charge in [0.2, 0.25) is 0 Å². The molecule has 0 aromatic carbocycles. The number of allylic oxidation sites excluding steroid dienone is 2. The van der Waals surface area contributed by atoms with Gasteiger partial charge in [-0.15, -0.1) is 0 Å². The van der Waals surface area contributed by atoms with E-state index in [9.17, 15) is 0 Å². The van der Waals surface area contributed by atoms with Crippen LogP contribution in [0.15, 0.2) is 12.2 Å². The SMILES string of the molecule is CC(NCC1CC=CCC1)C1(C)CC1. The fourth-order valence-electron chi connectivity index (χ4n) is 2.26. The van der Waals surface area contributed by atoms with Gasteiger partial charge >= 0.3 is 0 Å². The van der Waals surface area contributed by atoms with Gasteiger partial charge in [-0.05, 0) is 56.9 Å². The number of hydrogen-bond donors (Lipinski definition) is 1. The van der Waals surface area contributed by atoms with Crippen molar-refractivity contribution in [2.75, 3.05) is 6.54 Å². The lowest BCUT2D eigenvalue weighted by atomic mass is 9.93. The Morgan fingerprint density at radius 2 is 2.21 bits per heavy atom. The fraction of sp³-hybridized carbons (Fsp3) is 0.846. The minimum Gasteiger partial charge on any atom is -0.313 e. The molecule has 2 unspecified atom stereocenters. The van der Waals surface area contributed by atoms with Gasteiger partial charge in [0.15, 0.2) is 0 Å². The standard InChI is InChI=1S/C13H23N/c1-11(13(2)8-9-13)14-10-12-6-4-3-5-7-12/h3-4,11-12,14H,5-10H2,1-2H3. The molecule has 1 nitrogen and oxygen atoms in total. The maximum Gasteiger partial charge on any atom is 0.00926 e. The Morgan fingerprint density at radius 1 is 1.43 bits per heavy atom. The Hall–Kier alpha value is -0.300. The van der Waals surface area contributed by atoms with Crippen LogP contribution in [-0.4, -0.2) is 12.6 Å². The largest absolute Gasteiger partial charge is 0.313 e. The predicted octanol–water partition coefficient (Wildman–Crippen LogP) is 3.12. The average Bonchev–Trinajstić information content (AvgIpc) is 2.96. The molecule has 1 fully saturated rings. The van der Waals surface area contributed by atoms with E-state index < -0.39 is 0 Å². The smallest absolute Gasteiger partial charge is 0.00926 e. The van der Waals surface area contributed by atoms with Gasteiger partial charge < -0.3 is 5.32 Å². The third kappa shape index (κ3) is 2.38. The van der Waals surface area contributed by atoms with E-state index in [1.54, 1.807) is 0 Å². The Kier molecular flexibility index (Phi) is 2.96. The van der Waals surface area contributed by atoms with Gasteiger partial charge in [0.25, 0.3) is 0 Å². The molecule has 2 aliphatic rings. The minimum atomic E-state index is 0.629. The maximum atomic E-state index is 3.72. The third-order valence-electron chi connectivity index (χ3n) is 4.17. The summed E-state index contributed by atoms with van der Waals surface area (Å²) < 4.78 is 0. The van der Waals surface area contributed by atoms with Gasteiger partial charge in [-0.3, -0.25) is 0 Å². The Labute approximate surface area is 88.0 Å². The quantitative estimate of drug-likeness (QED) is 0.676. The van der Waals surface area contributed by atoms with E-state index in [-0.39, 0.29) is 0 Å². The van der Waals surface area contributed by atoms with E-state index in [1.165, 1.54) is 38.6 Å². The topological polar surface area (TPSA) is 12.0 Å². The minimum absolute atomic E-state index is 0.629. The monoisotopic (exact) mass is 193 g/mol. The van der Waals surface area contributed by atoms with Gasteiger partial charge in [0.05, 0.1) is 0 Å². The molecule has 0 aliphatic heterocycles. The molecule has 1 heteroatoms. The third-order valence-corrected chi connectivity index (χ3v) is 4.17. The molecule has 80 valence electrons. The summed E-state index contributed by atoms with van der Waals surface area (Å²) in [5.74, 6) is 0.893. The zero-order valence-corrected chi connectivity index (χ0v) is 9.55. The van der Waals surface area contributed by atoms with Crippen LogP contribution < -0.4 is 5.32 Å². The van der Waals surface area contributed by atoms with Crippen molar-refractivity contribution in [3.8, 4) is 0 Å². The summed E-state index contributed by atoms with van der Waals surface area (Å²) in [4.78, 5) is 0. The van der Waals surface area contributed by atoms with E-state index in [0.717, 1.165) is 5.92 Å². The van der Waals surface area contributed by atoms with E-state index in [1.807, 2.05) is 0 Å². The molecule has 2 atom stereocenters.